The molecule has 14 atom stereocenters. The van der Waals surface area contributed by atoms with Gasteiger partial charge in [0.1, 0.15) is 54.9 Å². The number of nitrogens with one attached hydrogen (secondary N) is 1. The molecule has 0 aromatic carbocycles. The summed E-state index contributed by atoms with van der Waals surface area (Å²) in [6, 6.07) is 0. The highest BCUT2D eigenvalue weighted by Crippen LogP contribution is 2.34. The second kappa shape index (κ2) is 16.5. The Balaban J connectivity index is 1.52. The molecule has 4 aliphatic rings. The van der Waals surface area contributed by atoms with Gasteiger partial charge in [-0.15, -0.1) is 0 Å². The van der Waals surface area contributed by atoms with Gasteiger partial charge in [-0.1, -0.05) is 32.1 Å². The van der Waals surface area contributed by atoms with E-state index < -0.39 is 98.4 Å². The summed E-state index contributed by atoms with van der Waals surface area (Å²) in [5, 5.41) is 75.7. The molecule has 3 aliphatic heterocycles. The van der Waals surface area contributed by atoms with E-state index in [1.807, 2.05) is 0 Å². The van der Waals surface area contributed by atoms with Gasteiger partial charge in [0, 0.05) is 20.1 Å². The third-order valence-electron chi connectivity index (χ3n) is 9.12. The highest BCUT2D eigenvalue weighted by Gasteiger charge is 2.51. The molecule has 1 aliphatic carbocycles. The number of carbonyl (C=O) groups excluding carboxylic acids is 1. The molecule has 16 heteroatoms. The van der Waals surface area contributed by atoms with Gasteiger partial charge < -0.3 is 69.5 Å². The molecule has 1 amide bonds. The van der Waals surface area contributed by atoms with E-state index in [0.29, 0.717) is 0 Å². The van der Waals surface area contributed by atoms with E-state index >= 15 is 0 Å². The van der Waals surface area contributed by atoms with Crippen molar-refractivity contribution >= 4 is 11.9 Å². The van der Waals surface area contributed by atoms with Crippen LogP contribution in [0.25, 0.3) is 0 Å². The maximum Gasteiger partial charge on any atom is 0.332 e. The van der Waals surface area contributed by atoms with Gasteiger partial charge in [-0.2, -0.15) is 0 Å². The summed E-state index contributed by atoms with van der Waals surface area (Å²) in [6.45, 7) is 2.20. The zero-order valence-electron chi connectivity index (χ0n) is 25.6. The number of carbonyl (C=O) groups is 2. The van der Waals surface area contributed by atoms with Gasteiger partial charge in [-0.3, -0.25) is 4.79 Å². The normalized spacial score (nSPS) is 42.2. The predicted octanol–water partition coefficient (Wildman–Crippen LogP) is -2.24. The lowest BCUT2D eigenvalue weighted by Crippen LogP contribution is -2.64. The SMILES string of the molecule is CC(=O)NCC1OCC[C@H](O[C@H]2O[C@@H](CO)[C@@H](O)[C@H](O[C@@H](CC3CCCCC3)C(=O)O)[C@H]2O)[C@H]1O[C@H]1O[C@H](C)[C@H](O)[C@@H](O)[C@@H]1O. The highest BCUT2D eigenvalue weighted by molar-refractivity contribution is 5.73. The molecular formula is C29H49NO15. The Morgan fingerprint density at radius 2 is 1.53 bits per heavy atom. The molecule has 0 aromatic heterocycles. The first-order valence-electron chi connectivity index (χ1n) is 15.8. The average molecular weight is 652 g/mol. The van der Waals surface area contributed by atoms with E-state index in [1.54, 1.807) is 0 Å². The Hall–Kier alpha value is -1.54. The van der Waals surface area contributed by atoms with Crippen molar-refractivity contribution in [3.8, 4) is 0 Å². The largest absolute Gasteiger partial charge is 0.479 e. The number of aliphatic hydroxyl groups excluding tert-OH is 6. The van der Waals surface area contributed by atoms with Crippen molar-refractivity contribution in [3.05, 3.63) is 0 Å². The van der Waals surface area contributed by atoms with Gasteiger partial charge in [0.2, 0.25) is 5.91 Å². The van der Waals surface area contributed by atoms with E-state index in [0.717, 1.165) is 32.1 Å². The van der Waals surface area contributed by atoms with Gasteiger partial charge in [0.05, 0.1) is 18.8 Å². The Morgan fingerprint density at radius 3 is 2.18 bits per heavy atom. The number of rotatable bonds is 12. The van der Waals surface area contributed by atoms with Crippen molar-refractivity contribution in [1.82, 2.24) is 5.32 Å². The van der Waals surface area contributed by atoms with Gasteiger partial charge in [0.25, 0.3) is 0 Å². The quantitative estimate of drug-likeness (QED) is 0.111. The molecule has 16 nitrogen and oxygen atoms in total. The number of hydrogen-bond acceptors (Lipinski definition) is 14. The molecule has 4 fully saturated rings. The molecule has 260 valence electrons. The van der Waals surface area contributed by atoms with Crippen LogP contribution >= 0.6 is 0 Å². The summed E-state index contributed by atoms with van der Waals surface area (Å²) < 4.78 is 35.2. The minimum Gasteiger partial charge on any atom is -0.479 e. The second-order valence-corrected chi connectivity index (χ2v) is 12.5. The standard InChI is InChI=1S/C29H49NO15/c1-13-20(33)22(35)23(36)28(41-13)45-25-16(8-9-40-18(25)11-30-14(2)32)43-29-24(37)26(21(34)19(12-31)44-29)42-17(27(38)39)10-15-6-4-3-5-7-15/h13,15-26,28-29,31,33-37H,3-12H2,1-2H3,(H,30,32)(H,38,39)/t13-,16+,17+,18?,19+,20+,21-,22-,23+,24-,25-,26+,28-,29+/m1/s1. The first-order valence-corrected chi connectivity index (χ1v) is 15.8. The van der Waals surface area contributed by atoms with E-state index in [2.05, 4.69) is 5.32 Å². The van der Waals surface area contributed by atoms with Gasteiger partial charge in [0.15, 0.2) is 18.7 Å². The maximum atomic E-state index is 12.2. The number of aliphatic hydroxyl groups is 6. The monoisotopic (exact) mass is 651 g/mol. The summed E-state index contributed by atoms with van der Waals surface area (Å²) in [5.74, 6) is -1.47. The molecule has 0 bridgehead atoms. The fourth-order valence-corrected chi connectivity index (χ4v) is 6.48. The van der Waals surface area contributed by atoms with E-state index in [9.17, 15) is 45.3 Å². The van der Waals surface area contributed by atoms with Crippen LogP contribution in [0.4, 0.5) is 0 Å². The molecule has 3 heterocycles. The molecule has 45 heavy (non-hydrogen) atoms. The lowest BCUT2D eigenvalue weighted by Gasteiger charge is -2.47. The number of amides is 1. The number of hydrogen-bond donors (Lipinski definition) is 8. The minimum atomic E-state index is -1.69. The van der Waals surface area contributed by atoms with E-state index in [1.165, 1.54) is 13.8 Å². The van der Waals surface area contributed by atoms with Crippen molar-refractivity contribution in [2.45, 2.75) is 145 Å². The molecule has 0 aromatic rings. The second-order valence-electron chi connectivity index (χ2n) is 12.5. The van der Waals surface area contributed by atoms with Crippen LogP contribution in [0.5, 0.6) is 0 Å². The van der Waals surface area contributed by atoms with Crippen molar-refractivity contribution in [1.29, 1.82) is 0 Å². The van der Waals surface area contributed by atoms with Crippen molar-refractivity contribution in [2.24, 2.45) is 5.92 Å². The van der Waals surface area contributed by atoms with E-state index in [-0.39, 0.29) is 37.8 Å². The van der Waals surface area contributed by atoms with Crippen molar-refractivity contribution in [3.63, 3.8) is 0 Å². The Bertz CT molecular complexity index is 953. The van der Waals surface area contributed by atoms with Gasteiger partial charge >= 0.3 is 5.97 Å². The number of aliphatic carboxylic acids is 1. The van der Waals surface area contributed by atoms with Gasteiger partial charge in [-0.05, 0) is 25.7 Å². The zero-order valence-corrected chi connectivity index (χ0v) is 25.6. The molecule has 0 radical (unpaired) electrons. The molecule has 4 rings (SSSR count). The van der Waals surface area contributed by atoms with Crippen LogP contribution in [0.15, 0.2) is 0 Å². The lowest BCUT2D eigenvalue weighted by atomic mass is 9.85. The van der Waals surface area contributed by atoms with Crippen LogP contribution in [-0.4, -0.2) is 153 Å². The third-order valence-corrected chi connectivity index (χ3v) is 9.12. The first kappa shape index (κ1) is 36.3. The molecule has 0 spiro atoms. The number of carboxylic acid groups (broad SMARTS) is 1. The Morgan fingerprint density at radius 1 is 0.844 bits per heavy atom. The van der Waals surface area contributed by atoms with Crippen molar-refractivity contribution < 1.29 is 73.8 Å². The fourth-order valence-electron chi connectivity index (χ4n) is 6.48. The average Bonchev–Trinajstić information content (AvgIpc) is 3.01. The van der Waals surface area contributed by atoms with E-state index in [4.69, 9.17) is 28.4 Å². The summed E-state index contributed by atoms with van der Waals surface area (Å²) in [7, 11) is 0. The van der Waals surface area contributed by atoms with Crippen molar-refractivity contribution in [2.75, 3.05) is 19.8 Å². The topological polar surface area (TPSA) is 243 Å². The number of carboxylic acids is 1. The molecule has 1 saturated carbocycles. The molecule has 1 unspecified atom stereocenters. The minimum absolute atomic E-state index is 0.0390. The smallest absolute Gasteiger partial charge is 0.332 e. The van der Waals surface area contributed by atoms with Crippen LogP contribution in [0.1, 0.15) is 58.8 Å². The maximum absolute atomic E-state index is 12.2. The lowest BCUT2D eigenvalue weighted by molar-refractivity contribution is -0.355. The molecule has 3 saturated heterocycles. The van der Waals surface area contributed by atoms with Crippen LogP contribution in [0, 0.1) is 5.92 Å². The van der Waals surface area contributed by atoms with Crippen LogP contribution in [-0.2, 0) is 38.0 Å². The predicted molar refractivity (Wildman–Crippen MR) is 150 cm³/mol. The van der Waals surface area contributed by atoms with Gasteiger partial charge in [-0.25, -0.2) is 4.79 Å². The Kier molecular flexibility index (Phi) is 13.3. The van der Waals surface area contributed by atoms with Crippen LogP contribution < -0.4 is 5.32 Å². The molecule has 8 N–H and O–H groups in total. The summed E-state index contributed by atoms with van der Waals surface area (Å²) in [5.41, 5.74) is 0. The van der Waals surface area contributed by atoms with Crippen LogP contribution in [0.2, 0.25) is 0 Å². The summed E-state index contributed by atoms with van der Waals surface area (Å²) in [4.78, 5) is 23.8. The Labute approximate surface area is 261 Å². The number of ether oxygens (including phenoxy) is 6. The fraction of sp³-hybridized carbons (Fsp3) is 0.931. The third kappa shape index (κ3) is 9.09. The summed E-state index contributed by atoms with van der Waals surface area (Å²) in [6.07, 6.45) is -13.6. The molecular weight excluding hydrogens is 602 g/mol. The zero-order chi connectivity index (χ0) is 32.8. The summed E-state index contributed by atoms with van der Waals surface area (Å²) >= 11 is 0. The highest BCUT2D eigenvalue weighted by atomic mass is 16.7. The van der Waals surface area contributed by atoms with Crippen LogP contribution in [0.3, 0.4) is 0 Å². The first-order chi connectivity index (χ1) is 21.4.